The van der Waals surface area contributed by atoms with Crippen LogP contribution in [-0.2, 0) is 6.54 Å². The van der Waals surface area contributed by atoms with Gasteiger partial charge in [-0.1, -0.05) is 36.8 Å². The molecule has 3 atom stereocenters. The van der Waals surface area contributed by atoms with Crippen molar-refractivity contribution in [3.05, 3.63) is 35.9 Å². The van der Waals surface area contributed by atoms with Crippen LogP contribution in [-0.4, -0.2) is 28.2 Å². The summed E-state index contributed by atoms with van der Waals surface area (Å²) in [5.74, 6) is 0. The monoisotopic (exact) mass is 231 g/mol. The predicted molar refractivity (Wildman–Crippen MR) is 68.7 cm³/mol. The summed E-state index contributed by atoms with van der Waals surface area (Å²) >= 11 is 0. The Kier molecular flexibility index (Phi) is 3.17. The molecule has 2 heterocycles. The summed E-state index contributed by atoms with van der Waals surface area (Å²) in [6.07, 6.45) is 5.76. The molecule has 92 valence electrons. The van der Waals surface area contributed by atoms with Crippen LogP contribution < -0.4 is 0 Å². The molecule has 2 heteroatoms. The largest absolute Gasteiger partial charge is 0.393 e. The van der Waals surface area contributed by atoms with Crippen LogP contribution in [0.5, 0.6) is 0 Å². The first kappa shape index (κ1) is 11.2. The molecule has 1 unspecified atom stereocenters. The molecule has 17 heavy (non-hydrogen) atoms. The van der Waals surface area contributed by atoms with Gasteiger partial charge in [0, 0.05) is 18.6 Å². The van der Waals surface area contributed by atoms with Gasteiger partial charge in [-0.3, -0.25) is 4.90 Å². The van der Waals surface area contributed by atoms with Crippen LogP contribution in [0.1, 0.15) is 37.7 Å². The first-order valence-electron chi connectivity index (χ1n) is 6.80. The van der Waals surface area contributed by atoms with E-state index in [9.17, 15) is 5.11 Å². The van der Waals surface area contributed by atoms with Gasteiger partial charge < -0.3 is 5.11 Å². The smallest absolute Gasteiger partial charge is 0.0570 e. The van der Waals surface area contributed by atoms with Gasteiger partial charge in [-0.15, -0.1) is 0 Å². The second-order valence-electron chi connectivity index (χ2n) is 5.52. The Hall–Kier alpha value is -0.860. The molecule has 0 amide bonds. The van der Waals surface area contributed by atoms with E-state index in [0.29, 0.717) is 12.1 Å². The minimum atomic E-state index is -0.0580. The number of aliphatic hydroxyl groups is 1. The van der Waals surface area contributed by atoms with E-state index in [1.165, 1.54) is 24.8 Å². The zero-order valence-electron chi connectivity index (χ0n) is 10.3. The van der Waals surface area contributed by atoms with Crippen LogP contribution in [0, 0.1) is 0 Å². The van der Waals surface area contributed by atoms with Crippen LogP contribution in [0.15, 0.2) is 30.3 Å². The minimum Gasteiger partial charge on any atom is -0.393 e. The minimum absolute atomic E-state index is 0.0580. The lowest BCUT2D eigenvalue weighted by Crippen LogP contribution is -2.52. The number of fused-ring (bicyclic) bond motifs is 2. The maximum Gasteiger partial charge on any atom is 0.0570 e. The Bertz CT molecular complexity index is 350. The van der Waals surface area contributed by atoms with E-state index < -0.39 is 0 Å². The van der Waals surface area contributed by atoms with Gasteiger partial charge in [-0.05, 0) is 31.2 Å². The number of hydrogen-bond acceptors (Lipinski definition) is 2. The van der Waals surface area contributed by atoms with Crippen molar-refractivity contribution in [3.8, 4) is 0 Å². The molecule has 2 aliphatic rings. The van der Waals surface area contributed by atoms with Crippen LogP contribution in [0.2, 0.25) is 0 Å². The summed E-state index contributed by atoms with van der Waals surface area (Å²) in [7, 11) is 0. The third-order valence-electron chi connectivity index (χ3n) is 4.31. The molecule has 0 spiro atoms. The average molecular weight is 231 g/mol. The number of hydrogen-bond donors (Lipinski definition) is 1. The third kappa shape index (κ3) is 2.38. The maximum absolute atomic E-state index is 9.87. The lowest BCUT2D eigenvalue weighted by molar-refractivity contribution is -0.0312. The topological polar surface area (TPSA) is 23.5 Å². The lowest BCUT2D eigenvalue weighted by Gasteiger charge is -2.47. The summed E-state index contributed by atoms with van der Waals surface area (Å²) in [5.41, 5.74) is 1.40. The standard InChI is InChI=1S/C15H21NO/c17-15-9-13-7-4-8-14(10-15)16(13)11-12-5-2-1-3-6-12/h1-3,5-6,13-15,17H,4,7-11H2/t13-,14+,15?. The molecule has 2 bridgehead atoms. The van der Waals surface area contributed by atoms with Crippen LogP contribution in [0.3, 0.4) is 0 Å². The van der Waals surface area contributed by atoms with Gasteiger partial charge in [0.2, 0.25) is 0 Å². The molecule has 2 saturated heterocycles. The number of piperidine rings is 2. The normalized spacial score (nSPS) is 33.6. The summed E-state index contributed by atoms with van der Waals surface area (Å²) < 4.78 is 0. The second kappa shape index (κ2) is 4.79. The molecule has 0 aromatic heterocycles. The van der Waals surface area contributed by atoms with Crippen LogP contribution in [0.25, 0.3) is 0 Å². The van der Waals surface area contributed by atoms with Crippen LogP contribution >= 0.6 is 0 Å². The Morgan fingerprint density at radius 1 is 1.06 bits per heavy atom. The maximum atomic E-state index is 9.87. The molecule has 0 aliphatic carbocycles. The zero-order chi connectivity index (χ0) is 11.7. The van der Waals surface area contributed by atoms with Gasteiger partial charge in [0.15, 0.2) is 0 Å². The van der Waals surface area contributed by atoms with E-state index in [1.807, 2.05) is 0 Å². The summed E-state index contributed by atoms with van der Waals surface area (Å²) in [4.78, 5) is 2.63. The molecule has 2 nitrogen and oxygen atoms in total. The molecule has 0 radical (unpaired) electrons. The van der Waals surface area contributed by atoms with Crippen molar-refractivity contribution in [3.63, 3.8) is 0 Å². The van der Waals surface area contributed by atoms with Crippen molar-refractivity contribution in [1.29, 1.82) is 0 Å². The van der Waals surface area contributed by atoms with Gasteiger partial charge in [-0.2, -0.15) is 0 Å². The zero-order valence-corrected chi connectivity index (χ0v) is 10.3. The summed E-state index contributed by atoms with van der Waals surface area (Å²) in [5, 5.41) is 9.87. The van der Waals surface area contributed by atoms with Gasteiger partial charge in [0.25, 0.3) is 0 Å². The van der Waals surface area contributed by atoms with E-state index >= 15 is 0 Å². The first-order valence-corrected chi connectivity index (χ1v) is 6.80. The highest BCUT2D eigenvalue weighted by atomic mass is 16.3. The average Bonchev–Trinajstić information content (AvgIpc) is 2.32. The lowest BCUT2D eigenvalue weighted by atomic mass is 9.82. The highest BCUT2D eigenvalue weighted by molar-refractivity contribution is 5.15. The fourth-order valence-electron chi connectivity index (χ4n) is 3.50. The fourth-order valence-corrected chi connectivity index (χ4v) is 3.50. The molecule has 1 N–H and O–H groups in total. The Morgan fingerprint density at radius 2 is 1.71 bits per heavy atom. The Morgan fingerprint density at radius 3 is 2.35 bits per heavy atom. The molecule has 2 fully saturated rings. The molecule has 0 saturated carbocycles. The van der Waals surface area contributed by atoms with Crippen molar-refractivity contribution in [2.75, 3.05) is 0 Å². The van der Waals surface area contributed by atoms with E-state index in [1.54, 1.807) is 0 Å². The number of aliphatic hydroxyl groups excluding tert-OH is 1. The van der Waals surface area contributed by atoms with Gasteiger partial charge in [-0.25, -0.2) is 0 Å². The van der Waals surface area contributed by atoms with Crippen molar-refractivity contribution in [2.45, 2.75) is 56.8 Å². The second-order valence-corrected chi connectivity index (χ2v) is 5.52. The fraction of sp³-hybridized carbons (Fsp3) is 0.600. The van der Waals surface area contributed by atoms with Gasteiger partial charge in [0.1, 0.15) is 0 Å². The molecule has 1 aromatic rings. The number of benzene rings is 1. The quantitative estimate of drug-likeness (QED) is 0.845. The predicted octanol–water partition coefficient (Wildman–Crippen LogP) is 2.56. The first-order chi connectivity index (χ1) is 8.33. The van der Waals surface area contributed by atoms with Crippen molar-refractivity contribution in [2.24, 2.45) is 0 Å². The highest BCUT2D eigenvalue weighted by Gasteiger charge is 2.37. The van der Waals surface area contributed by atoms with E-state index in [-0.39, 0.29) is 6.10 Å². The molecule has 2 aliphatic heterocycles. The number of rotatable bonds is 2. The highest BCUT2D eigenvalue weighted by Crippen LogP contribution is 2.35. The van der Waals surface area contributed by atoms with E-state index in [4.69, 9.17) is 0 Å². The van der Waals surface area contributed by atoms with Crippen molar-refractivity contribution in [1.82, 2.24) is 4.90 Å². The SMILES string of the molecule is OC1C[C@H]2CCC[C@@H](C1)N2Cc1ccccc1. The summed E-state index contributed by atoms with van der Waals surface area (Å²) in [6.45, 7) is 1.06. The third-order valence-corrected chi connectivity index (χ3v) is 4.31. The van der Waals surface area contributed by atoms with Gasteiger partial charge >= 0.3 is 0 Å². The number of nitrogens with zero attached hydrogens (tertiary/aromatic N) is 1. The van der Waals surface area contributed by atoms with E-state index in [0.717, 1.165) is 19.4 Å². The Labute approximate surface area is 103 Å². The van der Waals surface area contributed by atoms with Crippen LogP contribution in [0.4, 0.5) is 0 Å². The van der Waals surface area contributed by atoms with Gasteiger partial charge in [0.05, 0.1) is 6.10 Å². The molecular formula is C15H21NO. The van der Waals surface area contributed by atoms with E-state index in [2.05, 4.69) is 35.2 Å². The van der Waals surface area contributed by atoms with Crippen molar-refractivity contribution < 1.29 is 5.11 Å². The molecular weight excluding hydrogens is 210 g/mol. The van der Waals surface area contributed by atoms with Crippen molar-refractivity contribution >= 4 is 0 Å². The molecule has 3 rings (SSSR count). The summed E-state index contributed by atoms with van der Waals surface area (Å²) in [6, 6.07) is 11.9. The molecule has 1 aromatic carbocycles. The Balaban J connectivity index is 1.74.